The van der Waals surface area contributed by atoms with E-state index in [1.807, 2.05) is 20.9 Å². The van der Waals surface area contributed by atoms with E-state index in [1.54, 1.807) is 0 Å². The lowest BCUT2D eigenvalue weighted by atomic mass is 9.96. The zero-order chi connectivity index (χ0) is 12.0. The Labute approximate surface area is 97.9 Å². The fourth-order valence-electron chi connectivity index (χ4n) is 1.76. The molecule has 0 radical (unpaired) electrons. The van der Waals surface area contributed by atoms with E-state index in [2.05, 4.69) is 11.4 Å². The molecule has 0 aromatic carbocycles. The van der Waals surface area contributed by atoms with Gasteiger partial charge in [-0.25, -0.2) is 0 Å². The standard InChI is InChI=1S/C12H22N2O2/c1-4-15-7-10(2)16-9-12(8-13,14-3)11-5-6-11/h10-11,14H,4-7,9H2,1-3H3. The van der Waals surface area contributed by atoms with Crippen molar-refractivity contribution in [2.24, 2.45) is 5.92 Å². The van der Waals surface area contributed by atoms with E-state index in [-0.39, 0.29) is 6.10 Å². The summed E-state index contributed by atoms with van der Waals surface area (Å²) in [5, 5.41) is 12.4. The normalized spacial score (nSPS) is 21.1. The van der Waals surface area contributed by atoms with Gasteiger partial charge in [-0.2, -0.15) is 5.26 Å². The summed E-state index contributed by atoms with van der Waals surface area (Å²) < 4.78 is 11.0. The SMILES string of the molecule is CCOCC(C)OCC(C#N)(NC)C1CC1. The zero-order valence-electron chi connectivity index (χ0n) is 10.5. The van der Waals surface area contributed by atoms with Gasteiger partial charge in [0.1, 0.15) is 5.54 Å². The van der Waals surface area contributed by atoms with Crippen molar-refractivity contribution >= 4 is 0 Å². The minimum Gasteiger partial charge on any atom is -0.379 e. The van der Waals surface area contributed by atoms with Crippen LogP contribution in [0.2, 0.25) is 0 Å². The first-order valence-corrected chi connectivity index (χ1v) is 5.98. The molecule has 0 aromatic rings. The lowest BCUT2D eigenvalue weighted by Crippen LogP contribution is -2.49. The van der Waals surface area contributed by atoms with E-state index in [0.717, 1.165) is 12.8 Å². The number of likely N-dealkylation sites (N-methyl/N-ethyl adjacent to an activating group) is 1. The topological polar surface area (TPSA) is 54.3 Å². The molecule has 0 aliphatic heterocycles. The number of rotatable bonds is 8. The summed E-state index contributed by atoms with van der Waals surface area (Å²) in [5.74, 6) is 0.446. The average molecular weight is 226 g/mol. The summed E-state index contributed by atoms with van der Waals surface area (Å²) in [6, 6.07) is 2.36. The largest absolute Gasteiger partial charge is 0.379 e. The molecule has 16 heavy (non-hydrogen) atoms. The molecule has 1 aliphatic carbocycles. The molecule has 0 amide bonds. The maximum Gasteiger partial charge on any atom is 0.132 e. The molecule has 1 aliphatic rings. The van der Waals surface area contributed by atoms with Crippen molar-refractivity contribution in [2.45, 2.75) is 38.3 Å². The van der Waals surface area contributed by atoms with Crippen LogP contribution >= 0.6 is 0 Å². The molecule has 0 spiro atoms. The Hall–Kier alpha value is -0.630. The highest BCUT2D eigenvalue weighted by Crippen LogP contribution is 2.39. The van der Waals surface area contributed by atoms with Crippen molar-refractivity contribution in [3.05, 3.63) is 0 Å². The number of hydrogen-bond donors (Lipinski definition) is 1. The second-order valence-electron chi connectivity index (χ2n) is 4.39. The molecule has 0 bridgehead atoms. The predicted octanol–water partition coefficient (Wildman–Crippen LogP) is 1.32. The van der Waals surface area contributed by atoms with Gasteiger partial charge >= 0.3 is 0 Å². The van der Waals surface area contributed by atoms with Crippen LogP contribution in [0.4, 0.5) is 0 Å². The van der Waals surface area contributed by atoms with Crippen molar-refractivity contribution in [3.63, 3.8) is 0 Å². The molecule has 92 valence electrons. The fraction of sp³-hybridized carbons (Fsp3) is 0.917. The first-order chi connectivity index (χ1) is 7.68. The molecular formula is C12H22N2O2. The van der Waals surface area contributed by atoms with Gasteiger partial charge < -0.3 is 14.8 Å². The van der Waals surface area contributed by atoms with Crippen molar-refractivity contribution in [3.8, 4) is 6.07 Å². The fourth-order valence-corrected chi connectivity index (χ4v) is 1.76. The van der Waals surface area contributed by atoms with E-state index in [9.17, 15) is 5.26 Å². The summed E-state index contributed by atoms with van der Waals surface area (Å²) in [7, 11) is 1.83. The van der Waals surface area contributed by atoms with Crippen LogP contribution in [-0.4, -0.2) is 38.5 Å². The monoisotopic (exact) mass is 226 g/mol. The van der Waals surface area contributed by atoms with E-state index in [1.165, 1.54) is 0 Å². The second-order valence-corrected chi connectivity index (χ2v) is 4.39. The van der Waals surface area contributed by atoms with Crippen LogP contribution < -0.4 is 5.32 Å². The molecule has 4 nitrogen and oxygen atoms in total. The lowest BCUT2D eigenvalue weighted by molar-refractivity contribution is -0.0222. The molecule has 1 N–H and O–H groups in total. The number of nitrogens with one attached hydrogen (secondary N) is 1. The molecule has 2 unspecified atom stereocenters. The Morgan fingerprint density at radius 3 is 2.69 bits per heavy atom. The van der Waals surface area contributed by atoms with Crippen LogP contribution in [0.1, 0.15) is 26.7 Å². The number of hydrogen-bond acceptors (Lipinski definition) is 4. The zero-order valence-corrected chi connectivity index (χ0v) is 10.5. The van der Waals surface area contributed by atoms with Crippen molar-refractivity contribution in [2.75, 3.05) is 26.9 Å². The summed E-state index contributed by atoms with van der Waals surface area (Å²) >= 11 is 0. The molecule has 0 saturated heterocycles. The van der Waals surface area contributed by atoms with E-state index in [0.29, 0.717) is 25.7 Å². The van der Waals surface area contributed by atoms with Gasteiger partial charge in [0.05, 0.1) is 25.4 Å². The van der Waals surface area contributed by atoms with Crippen LogP contribution in [0.25, 0.3) is 0 Å². The van der Waals surface area contributed by atoms with Gasteiger partial charge in [-0.1, -0.05) is 0 Å². The second kappa shape index (κ2) is 6.19. The van der Waals surface area contributed by atoms with E-state index in [4.69, 9.17) is 9.47 Å². The van der Waals surface area contributed by atoms with Crippen molar-refractivity contribution < 1.29 is 9.47 Å². The average Bonchev–Trinajstić information content (AvgIpc) is 3.13. The van der Waals surface area contributed by atoms with Crippen LogP contribution in [0, 0.1) is 17.2 Å². The van der Waals surface area contributed by atoms with Gasteiger partial charge in [0.25, 0.3) is 0 Å². The summed E-state index contributed by atoms with van der Waals surface area (Å²) in [6.45, 7) is 5.67. The molecule has 0 aromatic heterocycles. The van der Waals surface area contributed by atoms with E-state index < -0.39 is 5.54 Å². The van der Waals surface area contributed by atoms with Gasteiger partial charge in [-0.05, 0) is 39.7 Å². The Morgan fingerprint density at radius 1 is 1.56 bits per heavy atom. The molecular weight excluding hydrogens is 204 g/mol. The molecule has 2 atom stereocenters. The number of ether oxygens (including phenoxy) is 2. The van der Waals surface area contributed by atoms with Crippen LogP contribution in [-0.2, 0) is 9.47 Å². The smallest absolute Gasteiger partial charge is 0.132 e. The minimum absolute atomic E-state index is 0.0415. The Morgan fingerprint density at radius 2 is 2.25 bits per heavy atom. The maximum absolute atomic E-state index is 9.25. The summed E-state index contributed by atoms with van der Waals surface area (Å²) in [6.07, 6.45) is 2.29. The summed E-state index contributed by atoms with van der Waals surface area (Å²) in [4.78, 5) is 0. The third-order valence-electron chi connectivity index (χ3n) is 3.07. The van der Waals surface area contributed by atoms with Crippen LogP contribution in [0.5, 0.6) is 0 Å². The minimum atomic E-state index is -0.500. The third-order valence-corrected chi connectivity index (χ3v) is 3.07. The molecule has 1 saturated carbocycles. The highest BCUT2D eigenvalue weighted by molar-refractivity contribution is 5.14. The van der Waals surface area contributed by atoms with Gasteiger partial charge in [0.15, 0.2) is 0 Å². The molecule has 1 rings (SSSR count). The van der Waals surface area contributed by atoms with Gasteiger partial charge in [0, 0.05) is 6.61 Å². The van der Waals surface area contributed by atoms with Crippen molar-refractivity contribution in [1.82, 2.24) is 5.32 Å². The molecule has 4 heteroatoms. The highest BCUT2D eigenvalue weighted by atomic mass is 16.5. The van der Waals surface area contributed by atoms with E-state index >= 15 is 0 Å². The first kappa shape index (κ1) is 13.4. The Balaban J connectivity index is 2.35. The molecule has 1 fully saturated rings. The third kappa shape index (κ3) is 3.44. The lowest BCUT2D eigenvalue weighted by Gasteiger charge is -2.27. The number of nitrogens with zero attached hydrogens (tertiary/aromatic N) is 1. The maximum atomic E-state index is 9.25. The molecule has 0 heterocycles. The quantitative estimate of drug-likeness (QED) is 0.678. The Bertz CT molecular complexity index is 248. The number of nitriles is 1. The van der Waals surface area contributed by atoms with Crippen LogP contribution in [0.3, 0.4) is 0 Å². The summed E-state index contributed by atoms with van der Waals surface area (Å²) in [5.41, 5.74) is -0.500. The van der Waals surface area contributed by atoms with Gasteiger partial charge in [-0.15, -0.1) is 0 Å². The van der Waals surface area contributed by atoms with Gasteiger partial charge in [-0.3, -0.25) is 0 Å². The first-order valence-electron chi connectivity index (χ1n) is 5.98. The van der Waals surface area contributed by atoms with Crippen LogP contribution in [0.15, 0.2) is 0 Å². The van der Waals surface area contributed by atoms with Gasteiger partial charge in [0.2, 0.25) is 0 Å². The van der Waals surface area contributed by atoms with Crippen molar-refractivity contribution in [1.29, 1.82) is 5.26 Å². The predicted molar refractivity (Wildman–Crippen MR) is 62.0 cm³/mol. The Kier molecular flexibility index (Phi) is 5.20. The highest BCUT2D eigenvalue weighted by Gasteiger charge is 2.45.